The van der Waals surface area contributed by atoms with Gasteiger partial charge in [0.15, 0.2) is 0 Å². The predicted octanol–water partition coefficient (Wildman–Crippen LogP) is 2.47. The van der Waals surface area contributed by atoms with Crippen molar-refractivity contribution in [3.05, 3.63) is 71.8 Å². The van der Waals surface area contributed by atoms with Gasteiger partial charge in [0.2, 0.25) is 5.91 Å². The van der Waals surface area contributed by atoms with E-state index in [0.29, 0.717) is 12.8 Å². The lowest BCUT2D eigenvalue weighted by molar-refractivity contribution is -0.121. The summed E-state index contributed by atoms with van der Waals surface area (Å²) in [7, 11) is 0. The lowest BCUT2D eigenvalue weighted by Gasteiger charge is -2.12. The number of benzene rings is 2. The van der Waals surface area contributed by atoms with Gasteiger partial charge in [-0.2, -0.15) is 0 Å². The summed E-state index contributed by atoms with van der Waals surface area (Å²) in [6, 6.07) is 19.2. The van der Waals surface area contributed by atoms with Crippen LogP contribution in [0.3, 0.4) is 0 Å². The number of aliphatic hydroxyl groups is 1. The second-order valence-electron chi connectivity index (χ2n) is 4.72. The fourth-order valence-electron chi connectivity index (χ4n) is 1.99. The number of hydrogen-bond donors (Lipinski definition) is 2. The predicted molar refractivity (Wildman–Crippen MR) is 79.2 cm³/mol. The topological polar surface area (TPSA) is 49.3 Å². The maximum Gasteiger partial charge on any atom is 0.220 e. The van der Waals surface area contributed by atoms with Gasteiger partial charge in [-0.3, -0.25) is 4.79 Å². The highest BCUT2D eigenvalue weighted by atomic mass is 16.3. The Balaban J connectivity index is 1.73. The SMILES string of the molecule is O=C(CCc1ccccc1)NC[C@@H](O)c1ccccc1. The fourth-order valence-corrected chi connectivity index (χ4v) is 1.99. The molecule has 0 saturated carbocycles. The van der Waals surface area contributed by atoms with E-state index >= 15 is 0 Å². The van der Waals surface area contributed by atoms with Gasteiger partial charge in [-0.25, -0.2) is 0 Å². The van der Waals surface area contributed by atoms with Gasteiger partial charge in [0.25, 0.3) is 0 Å². The maximum atomic E-state index is 11.7. The van der Waals surface area contributed by atoms with Crippen LogP contribution in [0.2, 0.25) is 0 Å². The first kappa shape index (κ1) is 14.3. The van der Waals surface area contributed by atoms with Crippen LogP contribution in [0.4, 0.5) is 0 Å². The van der Waals surface area contributed by atoms with Crippen molar-refractivity contribution in [1.29, 1.82) is 0 Å². The molecule has 1 amide bonds. The minimum atomic E-state index is -0.656. The van der Waals surface area contributed by atoms with Crippen LogP contribution in [0, 0.1) is 0 Å². The van der Waals surface area contributed by atoms with E-state index in [1.165, 1.54) is 0 Å². The van der Waals surface area contributed by atoms with Crippen molar-refractivity contribution >= 4 is 5.91 Å². The molecule has 104 valence electrons. The van der Waals surface area contributed by atoms with E-state index < -0.39 is 6.10 Å². The average molecular weight is 269 g/mol. The molecule has 0 radical (unpaired) electrons. The number of aryl methyl sites for hydroxylation is 1. The summed E-state index contributed by atoms with van der Waals surface area (Å²) < 4.78 is 0. The first-order valence-electron chi connectivity index (χ1n) is 6.79. The minimum absolute atomic E-state index is 0.0381. The lowest BCUT2D eigenvalue weighted by Crippen LogP contribution is -2.28. The molecule has 2 rings (SSSR count). The third-order valence-electron chi connectivity index (χ3n) is 3.16. The molecule has 0 bridgehead atoms. The van der Waals surface area contributed by atoms with Gasteiger partial charge in [-0.1, -0.05) is 60.7 Å². The molecule has 0 unspecified atom stereocenters. The fraction of sp³-hybridized carbons (Fsp3) is 0.235. The highest BCUT2D eigenvalue weighted by molar-refractivity contribution is 5.76. The molecular formula is C17H19NO2. The highest BCUT2D eigenvalue weighted by Crippen LogP contribution is 2.10. The summed E-state index contributed by atoms with van der Waals surface area (Å²) in [6.45, 7) is 0.248. The largest absolute Gasteiger partial charge is 0.387 e. The molecule has 0 aliphatic heterocycles. The van der Waals surface area contributed by atoms with E-state index in [2.05, 4.69) is 5.32 Å². The van der Waals surface area contributed by atoms with E-state index in [0.717, 1.165) is 11.1 Å². The van der Waals surface area contributed by atoms with Gasteiger partial charge in [0.05, 0.1) is 6.10 Å². The Hall–Kier alpha value is -2.13. The molecule has 2 aromatic rings. The smallest absolute Gasteiger partial charge is 0.220 e. The third kappa shape index (κ3) is 4.52. The van der Waals surface area contributed by atoms with E-state index in [4.69, 9.17) is 0 Å². The van der Waals surface area contributed by atoms with Gasteiger partial charge in [-0.05, 0) is 17.5 Å². The summed E-state index contributed by atoms with van der Waals surface area (Å²) in [5.41, 5.74) is 1.96. The molecule has 2 aromatic carbocycles. The Morgan fingerprint density at radius 1 is 1.00 bits per heavy atom. The third-order valence-corrected chi connectivity index (χ3v) is 3.16. The number of amides is 1. The van der Waals surface area contributed by atoms with Crippen LogP contribution in [0.15, 0.2) is 60.7 Å². The molecule has 20 heavy (non-hydrogen) atoms. The van der Waals surface area contributed by atoms with Crippen LogP contribution >= 0.6 is 0 Å². The van der Waals surface area contributed by atoms with Crippen LogP contribution in [0.25, 0.3) is 0 Å². The number of rotatable bonds is 6. The number of carbonyl (C=O) groups excluding carboxylic acids is 1. The monoisotopic (exact) mass is 269 g/mol. The van der Waals surface area contributed by atoms with Crippen molar-refractivity contribution in [3.63, 3.8) is 0 Å². The molecule has 0 heterocycles. The summed E-state index contributed by atoms with van der Waals surface area (Å²) in [4.78, 5) is 11.7. The summed E-state index contributed by atoms with van der Waals surface area (Å²) in [5.74, 6) is -0.0381. The Morgan fingerprint density at radius 3 is 2.25 bits per heavy atom. The molecule has 1 atom stereocenters. The van der Waals surface area contributed by atoms with Crippen LogP contribution in [0.5, 0.6) is 0 Å². The Morgan fingerprint density at radius 2 is 1.60 bits per heavy atom. The first-order valence-corrected chi connectivity index (χ1v) is 6.79. The number of nitrogens with one attached hydrogen (secondary N) is 1. The van der Waals surface area contributed by atoms with Crippen LogP contribution < -0.4 is 5.32 Å². The van der Waals surface area contributed by atoms with E-state index in [-0.39, 0.29) is 12.5 Å². The molecule has 0 fully saturated rings. The summed E-state index contributed by atoms with van der Waals surface area (Å²) >= 11 is 0. The molecule has 2 N–H and O–H groups in total. The maximum absolute atomic E-state index is 11.7. The average Bonchev–Trinajstić information content (AvgIpc) is 2.52. The van der Waals surface area contributed by atoms with Gasteiger partial charge < -0.3 is 10.4 Å². The summed E-state index contributed by atoms with van der Waals surface area (Å²) in [6.07, 6.45) is 0.497. The van der Waals surface area contributed by atoms with Crippen LogP contribution in [0.1, 0.15) is 23.7 Å². The molecule has 3 nitrogen and oxygen atoms in total. The van der Waals surface area contributed by atoms with Crippen molar-refractivity contribution in [2.75, 3.05) is 6.54 Å². The molecular weight excluding hydrogens is 250 g/mol. The molecule has 3 heteroatoms. The van der Waals surface area contributed by atoms with Crippen LogP contribution in [-0.2, 0) is 11.2 Å². The standard InChI is InChI=1S/C17H19NO2/c19-16(15-9-5-2-6-10-15)13-18-17(20)12-11-14-7-3-1-4-8-14/h1-10,16,19H,11-13H2,(H,18,20)/t16-/m1/s1. The highest BCUT2D eigenvalue weighted by Gasteiger charge is 2.08. The number of aliphatic hydroxyl groups excluding tert-OH is 1. The normalized spacial score (nSPS) is 11.8. The Bertz CT molecular complexity index is 525. The number of carbonyl (C=O) groups is 1. The van der Waals surface area contributed by atoms with Gasteiger partial charge in [-0.15, -0.1) is 0 Å². The van der Waals surface area contributed by atoms with Crippen molar-refractivity contribution in [1.82, 2.24) is 5.32 Å². The van der Waals surface area contributed by atoms with Crippen LogP contribution in [-0.4, -0.2) is 17.6 Å². The zero-order chi connectivity index (χ0) is 14.2. The van der Waals surface area contributed by atoms with Gasteiger partial charge in [0.1, 0.15) is 0 Å². The zero-order valence-corrected chi connectivity index (χ0v) is 11.3. The molecule has 0 aliphatic carbocycles. The van der Waals surface area contributed by atoms with Gasteiger partial charge in [0, 0.05) is 13.0 Å². The number of hydrogen-bond acceptors (Lipinski definition) is 2. The molecule has 0 spiro atoms. The van der Waals surface area contributed by atoms with Crippen molar-refractivity contribution < 1.29 is 9.90 Å². The van der Waals surface area contributed by atoms with Crippen molar-refractivity contribution in [2.45, 2.75) is 18.9 Å². The quantitative estimate of drug-likeness (QED) is 0.846. The van der Waals surface area contributed by atoms with E-state index in [1.54, 1.807) is 0 Å². The van der Waals surface area contributed by atoms with Gasteiger partial charge >= 0.3 is 0 Å². The summed E-state index contributed by atoms with van der Waals surface area (Å²) in [5, 5.41) is 12.7. The minimum Gasteiger partial charge on any atom is -0.387 e. The molecule has 0 aliphatic rings. The van der Waals surface area contributed by atoms with Crippen molar-refractivity contribution in [3.8, 4) is 0 Å². The lowest BCUT2D eigenvalue weighted by atomic mass is 10.1. The Kier molecular flexibility index (Phi) is 5.33. The van der Waals surface area contributed by atoms with E-state index in [1.807, 2.05) is 60.7 Å². The molecule has 0 saturated heterocycles. The second-order valence-corrected chi connectivity index (χ2v) is 4.72. The second kappa shape index (κ2) is 7.46. The zero-order valence-electron chi connectivity index (χ0n) is 11.3. The first-order chi connectivity index (χ1) is 9.75. The molecule has 0 aromatic heterocycles. The Labute approximate surface area is 119 Å². The van der Waals surface area contributed by atoms with Crippen molar-refractivity contribution in [2.24, 2.45) is 0 Å². The van der Waals surface area contributed by atoms with E-state index in [9.17, 15) is 9.90 Å².